The van der Waals surface area contributed by atoms with Crippen molar-refractivity contribution in [2.45, 2.75) is 32.6 Å². The second-order valence-corrected chi connectivity index (χ2v) is 10.3. The molecular weight excluding hydrogens is 468 g/mol. The van der Waals surface area contributed by atoms with E-state index in [1.807, 2.05) is 48.7 Å². The van der Waals surface area contributed by atoms with E-state index in [1.165, 1.54) is 27.3 Å². The van der Waals surface area contributed by atoms with Gasteiger partial charge in [-0.25, -0.2) is 0 Å². The molecule has 6 rings (SSSR count). The molecule has 0 saturated heterocycles. The number of thiophene rings is 2. The van der Waals surface area contributed by atoms with Crippen molar-refractivity contribution in [3.63, 3.8) is 0 Å². The van der Waals surface area contributed by atoms with Crippen LogP contribution in [0.1, 0.15) is 39.3 Å². The zero-order valence-corrected chi connectivity index (χ0v) is 20.0. The van der Waals surface area contributed by atoms with Crippen molar-refractivity contribution in [2.24, 2.45) is 0 Å². The molecule has 0 atom stereocenters. The summed E-state index contributed by atoms with van der Waals surface area (Å²) in [7, 11) is 0. The predicted octanol–water partition coefficient (Wildman–Crippen LogP) is 6.62. The van der Waals surface area contributed by atoms with Crippen molar-refractivity contribution in [3.8, 4) is 33.5 Å². The van der Waals surface area contributed by atoms with Crippen molar-refractivity contribution < 1.29 is 13.8 Å². The largest absolute Gasteiger partial charge is 0.355 e. The van der Waals surface area contributed by atoms with Crippen molar-refractivity contribution in [2.75, 3.05) is 5.32 Å². The molecule has 1 aliphatic rings. The highest BCUT2D eigenvalue weighted by Crippen LogP contribution is 2.44. The van der Waals surface area contributed by atoms with Crippen molar-refractivity contribution in [1.29, 1.82) is 0 Å². The number of aryl methyl sites for hydroxylation is 2. The molecule has 1 aliphatic carbocycles. The number of fused-ring (bicyclic) bond motifs is 1. The van der Waals surface area contributed by atoms with E-state index in [0.29, 0.717) is 22.5 Å². The molecule has 1 aromatic carbocycles. The topological polar surface area (TPSA) is 94.1 Å². The fourth-order valence-corrected chi connectivity index (χ4v) is 6.06. The molecule has 1 amide bonds. The van der Waals surface area contributed by atoms with Gasteiger partial charge in [-0.2, -0.15) is 4.98 Å². The van der Waals surface area contributed by atoms with Crippen LogP contribution < -0.4 is 5.32 Å². The van der Waals surface area contributed by atoms with Gasteiger partial charge in [0.1, 0.15) is 5.00 Å². The molecule has 0 fully saturated rings. The Labute approximate surface area is 203 Å². The summed E-state index contributed by atoms with van der Waals surface area (Å²) >= 11 is 3.11. The van der Waals surface area contributed by atoms with Crippen LogP contribution in [0.5, 0.6) is 0 Å². The number of amides is 1. The molecule has 0 bridgehead atoms. The number of nitrogens with one attached hydrogen (secondary N) is 1. The molecule has 0 radical (unpaired) electrons. The van der Waals surface area contributed by atoms with Gasteiger partial charge in [-0.05, 0) is 49.6 Å². The first kappa shape index (κ1) is 21.0. The predicted molar refractivity (Wildman–Crippen MR) is 132 cm³/mol. The Morgan fingerprint density at radius 1 is 1.06 bits per heavy atom. The third-order valence-electron chi connectivity index (χ3n) is 5.85. The van der Waals surface area contributed by atoms with Gasteiger partial charge in [-0.1, -0.05) is 46.2 Å². The summed E-state index contributed by atoms with van der Waals surface area (Å²) in [5.41, 5.74) is 4.29. The Balaban J connectivity index is 1.34. The quantitative estimate of drug-likeness (QED) is 0.299. The molecule has 7 nitrogen and oxygen atoms in total. The van der Waals surface area contributed by atoms with E-state index in [1.54, 1.807) is 17.4 Å². The standard InChI is InChI=1S/C25H20N4O3S2/c1-14-8-10-15(11-9-14)22-26-24(32-29-22)21-16-5-2-3-6-19(16)34-25(21)27-23(30)17-13-18(31-28-17)20-7-4-12-33-20/h4,7-13H,2-3,5-6H2,1H3,(H,27,30). The molecular formula is C25H20N4O3S2. The Morgan fingerprint density at radius 3 is 2.74 bits per heavy atom. The summed E-state index contributed by atoms with van der Waals surface area (Å²) < 4.78 is 11.1. The van der Waals surface area contributed by atoms with Crippen molar-refractivity contribution in [1.82, 2.24) is 15.3 Å². The maximum atomic E-state index is 13.1. The van der Waals surface area contributed by atoms with Crippen LogP contribution in [0.15, 0.2) is 56.9 Å². The lowest BCUT2D eigenvalue weighted by atomic mass is 9.95. The molecule has 4 aromatic heterocycles. The number of rotatable bonds is 5. The van der Waals surface area contributed by atoms with Crippen LogP contribution in [-0.2, 0) is 12.8 Å². The first-order valence-electron chi connectivity index (χ1n) is 11.0. The summed E-state index contributed by atoms with van der Waals surface area (Å²) in [6.45, 7) is 2.04. The maximum absolute atomic E-state index is 13.1. The van der Waals surface area contributed by atoms with Gasteiger partial charge in [0, 0.05) is 16.5 Å². The minimum absolute atomic E-state index is 0.228. The average Bonchev–Trinajstić information content (AvgIpc) is 3.65. The zero-order chi connectivity index (χ0) is 23.1. The van der Waals surface area contributed by atoms with E-state index in [-0.39, 0.29) is 11.6 Å². The first-order chi connectivity index (χ1) is 16.7. The second kappa shape index (κ2) is 8.66. The fourth-order valence-electron chi connectivity index (χ4n) is 4.11. The summed E-state index contributed by atoms with van der Waals surface area (Å²) in [4.78, 5) is 19.9. The Hall–Kier alpha value is -3.56. The minimum Gasteiger partial charge on any atom is -0.355 e. The van der Waals surface area contributed by atoms with E-state index in [9.17, 15) is 4.79 Å². The lowest BCUT2D eigenvalue weighted by Gasteiger charge is -2.11. The first-order valence-corrected chi connectivity index (χ1v) is 12.7. The lowest BCUT2D eigenvalue weighted by molar-refractivity contribution is 0.101. The summed E-state index contributed by atoms with van der Waals surface area (Å²) in [5.74, 6) is 1.19. The van der Waals surface area contributed by atoms with E-state index in [2.05, 4.69) is 20.6 Å². The molecule has 9 heteroatoms. The molecule has 0 saturated carbocycles. The van der Waals surface area contributed by atoms with Gasteiger partial charge in [-0.15, -0.1) is 22.7 Å². The van der Waals surface area contributed by atoms with Crippen molar-refractivity contribution >= 4 is 33.6 Å². The third-order valence-corrected chi connectivity index (χ3v) is 7.95. The molecule has 34 heavy (non-hydrogen) atoms. The van der Waals surface area contributed by atoms with Crippen LogP contribution in [-0.4, -0.2) is 21.2 Å². The van der Waals surface area contributed by atoms with Gasteiger partial charge >= 0.3 is 0 Å². The van der Waals surface area contributed by atoms with Crippen molar-refractivity contribution in [3.05, 3.63) is 69.5 Å². The number of hydrogen-bond donors (Lipinski definition) is 1. The SMILES string of the molecule is Cc1ccc(-c2noc(-c3c(NC(=O)c4cc(-c5cccs5)on4)sc4c3CCCC4)n2)cc1. The summed E-state index contributed by atoms with van der Waals surface area (Å²) in [6, 6.07) is 13.5. The molecule has 0 unspecified atom stereocenters. The number of carbonyl (C=O) groups is 1. The monoisotopic (exact) mass is 488 g/mol. The smallest absolute Gasteiger partial charge is 0.278 e. The molecule has 4 heterocycles. The highest BCUT2D eigenvalue weighted by atomic mass is 32.1. The number of hydrogen-bond acceptors (Lipinski definition) is 8. The van der Waals surface area contributed by atoms with Gasteiger partial charge in [-0.3, -0.25) is 4.79 Å². The Bertz CT molecular complexity index is 1460. The Kier molecular flexibility index (Phi) is 5.35. The van der Waals surface area contributed by atoms with Gasteiger partial charge in [0.05, 0.1) is 10.4 Å². The highest BCUT2D eigenvalue weighted by molar-refractivity contribution is 7.17. The number of carbonyl (C=O) groups excluding carboxylic acids is 1. The Morgan fingerprint density at radius 2 is 1.91 bits per heavy atom. The van der Waals surface area contributed by atoms with Crippen LogP contribution in [0.2, 0.25) is 0 Å². The summed E-state index contributed by atoms with van der Waals surface area (Å²) in [6.07, 6.45) is 4.13. The maximum Gasteiger partial charge on any atom is 0.278 e. The number of nitrogens with zero attached hydrogens (tertiary/aromatic N) is 3. The normalized spacial score (nSPS) is 13.1. The van der Waals surface area contributed by atoms with E-state index >= 15 is 0 Å². The number of aromatic nitrogens is 3. The zero-order valence-electron chi connectivity index (χ0n) is 18.3. The second-order valence-electron chi connectivity index (χ2n) is 8.21. The van der Waals surface area contributed by atoms with E-state index < -0.39 is 0 Å². The fraction of sp³-hybridized carbons (Fsp3) is 0.200. The molecule has 170 valence electrons. The molecule has 5 aromatic rings. The van der Waals surface area contributed by atoms with Crippen LogP contribution in [0.3, 0.4) is 0 Å². The van der Waals surface area contributed by atoms with E-state index in [0.717, 1.165) is 41.7 Å². The minimum atomic E-state index is -0.329. The number of anilines is 1. The van der Waals surface area contributed by atoms with Crippen LogP contribution in [0.4, 0.5) is 5.00 Å². The highest BCUT2D eigenvalue weighted by Gasteiger charge is 2.27. The van der Waals surface area contributed by atoms with Gasteiger partial charge in [0.15, 0.2) is 11.5 Å². The summed E-state index contributed by atoms with van der Waals surface area (Å²) in [5, 5.41) is 13.9. The average molecular weight is 489 g/mol. The van der Waals surface area contributed by atoms with E-state index in [4.69, 9.17) is 9.05 Å². The third kappa shape index (κ3) is 3.86. The van der Waals surface area contributed by atoms with Crippen LogP contribution in [0.25, 0.3) is 33.5 Å². The molecule has 0 aliphatic heterocycles. The van der Waals surface area contributed by atoms with Gasteiger partial charge in [0.25, 0.3) is 11.8 Å². The van der Waals surface area contributed by atoms with Crippen LogP contribution in [0, 0.1) is 6.92 Å². The number of benzene rings is 1. The lowest BCUT2D eigenvalue weighted by Crippen LogP contribution is -2.12. The molecule has 1 N–H and O–H groups in total. The van der Waals surface area contributed by atoms with Gasteiger partial charge in [0.2, 0.25) is 5.82 Å². The molecule has 0 spiro atoms. The van der Waals surface area contributed by atoms with Crippen LogP contribution >= 0.6 is 22.7 Å². The van der Waals surface area contributed by atoms with Gasteiger partial charge < -0.3 is 14.4 Å².